The lowest BCUT2D eigenvalue weighted by Crippen LogP contribution is -2.60. The van der Waals surface area contributed by atoms with E-state index in [-0.39, 0.29) is 23.9 Å². The van der Waals surface area contributed by atoms with Crippen LogP contribution in [0.5, 0.6) is 0 Å². The van der Waals surface area contributed by atoms with Crippen LogP contribution in [0.2, 0.25) is 5.02 Å². The molecule has 14 heteroatoms. The van der Waals surface area contributed by atoms with Crippen LogP contribution in [0.1, 0.15) is 150 Å². The van der Waals surface area contributed by atoms with Gasteiger partial charge in [0.2, 0.25) is 0 Å². The van der Waals surface area contributed by atoms with Crippen LogP contribution >= 0.6 is 23.8 Å². The zero-order chi connectivity index (χ0) is 47.6. The normalized spacial score (nSPS) is 38.6. The van der Waals surface area contributed by atoms with Crippen molar-refractivity contribution in [1.82, 2.24) is 4.90 Å². The van der Waals surface area contributed by atoms with Crippen molar-refractivity contribution in [3.63, 3.8) is 0 Å². The third kappa shape index (κ3) is 19.2. The van der Waals surface area contributed by atoms with Crippen LogP contribution in [0.25, 0.3) is 0 Å². The third-order valence-corrected chi connectivity index (χ3v) is 12.1. The van der Waals surface area contributed by atoms with Gasteiger partial charge in [-0.05, 0) is 122 Å². The van der Waals surface area contributed by atoms with E-state index in [0.29, 0.717) is 47.5 Å². The van der Waals surface area contributed by atoms with Crippen molar-refractivity contribution < 1.29 is 49.3 Å². The molecule has 61 heavy (non-hydrogen) atoms. The van der Waals surface area contributed by atoms with Crippen molar-refractivity contribution in [3.05, 3.63) is 29.3 Å². The van der Waals surface area contributed by atoms with E-state index < -0.39 is 72.2 Å². The zero-order valence-electron chi connectivity index (χ0n) is 40.6. The summed E-state index contributed by atoms with van der Waals surface area (Å²) in [6.07, 6.45) is -2.17. The van der Waals surface area contributed by atoms with Crippen LogP contribution in [-0.2, 0) is 23.7 Å². The van der Waals surface area contributed by atoms with Gasteiger partial charge in [0, 0.05) is 30.1 Å². The van der Waals surface area contributed by atoms with Crippen LogP contribution in [0.3, 0.4) is 0 Å². The van der Waals surface area contributed by atoms with Crippen LogP contribution < -0.4 is 5.32 Å². The number of halogens is 1. The molecular formula is C47H87ClN2O10S. The molecule has 8 unspecified atom stereocenters. The highest BCUT2D eigenvalue weighted by atomic mass is 35.5. The van der Waals surface area contributed by atoms with Crippen molar-refractivity contribution >= 4 is 40.6 Å². The first kappa shape index (κ1) is 59.4. The molecule has 12 nitrogen and oxygen atoms in total. The molecule has 3 heterocycles. The van der Waals surface area contributed by atoms with Crippen molar-refractivity contribution in [2.24, 2.45) is 29.6 Å². The maximum atomic E-state index is 13.6. The number of thiocarbonyl (C=S) groups is 1. The van der Waals surface area contributed by atoms with Crippen molar-refractivity contribution in [2.45, 2.75) is 216 Å². The monoisotopic (exact) mass is 907 g/mol. The van der Waals surface area contributed by atoms with Gasteiger partial charge in [0.15, 0.2) is 17.7 Å². The van der Waals surface area contributed by atoms with Crippen molar-refractivity contribution in [3.8, 4) is 0 Å². The Morgan fingerprint density at radius 3 is 1.97 bits per heavy atom. The largest absolute Gasteiger partial charge is 0.459 e. The Labute approximate surface area is 380 Å². The minimum atomic E-state index is -1.86. The van der Waals surface area contributed by atoms with Crippen LogP contribution in [0.15, 0.2) is 24.3 Å². The molecule has 16 atom stereocenters. The van der Waals surface area contributed by atoms with Gasteiger partial charge in [0.05, 0.1) is 42.0 Å². The Morgan fingerprint density at radius 1 is 0.852 bits per heavy atom. The van der Waals surface area contributed by atoms with E-state index in [1.54, 1.807) is 57.7 Å². The summed E-state index contributed by atoms with van der Waals surface area (Å²) in [5.41, 5.74) is -2.34. The Kier molecular flexibility index (Phi) is 27.5. The minimum Gasteiger partial charge on any atom is -0.459 e. The minimum absolute atomic E-state index is 0.0708. The number of hydrogen-bond acceptors (Lipinski definition) is 11. The van der Waals surface area contributed by atoms with Crippen molar-refractivity contribution in [2.75, 3.05) is 11.9 Å². The van der Waals surface area contributed by atoms with Gasteiger partial charge in [-0.1, -0.05) is 86.9 Å². The number of rotatable bonds is 3. The van der Waals surface area contributed by atoms with E-state index >= 15 is 0 Å². The van der Waals surface area contributed by atoms with E-state index in [4.69, 9.17) is 47.9 Å². The highest BCUT2D eigenvalue weighted by Gasteiger charge is 2.46. The summed E-state index contributed by atoms with van der Waals surface area (Å²) < 4.78 is 23.4. The van der Waals surface area contributed by atoms with E-state index in [9.17, 15) is 25.2 Å². The Hall–Kier alpha value is -1.65. The van der Waals surface area contributed by atoms with Gasteiger partial charge in [-0.25, -0.2) is 0 Å². The number of nitrogens with zero attached hydrogens (tertiary/aromatic N) is 1. The summed E-state index contributed by atoms with van der Waals surface area (Å²) in [5.74, 6) is -1.28. The lowest BCUT2D eigenvalue weighted by atomic mass is 9.80. The second-order valence-corrected chi connectivity index (χ2v) is 18.2. The van der Waals surface area contributed by atoms with E-state index in [0.717, 1.165) is 12.8 Å². The fourth-order valence-electron chi connectivity index (χ4n) is 8.35. The molecule has 0 amide bonds. The number of nitrogens with one attached hydrogen (secondary N) is 1. The lowest BCUT2D eigenvalue weighted by molar-refractivity contribution is -0.262. The van der Waals surface area contributed by atoms with E-state index in [2.05, 4.69) is 12.2 Å². The number of anilines is 1. The highest BCUT2D eigenvalue weighted by molar-refractivity contribution is 7.80. The Morgan fingerprint density at radius 2 is 1.44 bits per heavy atom. The van der Waals surface area contributed by atoms with Crippen LogP contribution in [0, 0.1) is 29.6 Å². The molecule has 4 rings (SSSR count). The highest BCUT2D eigenvalue weighted by Crippen LogP contribution is 2.36. The SMILES string of the molecule is CC.CC.CC.CC1CC(C)OC(O)C1.CC1C[C@H](O[C@@H]2C(C)C(=O)O[C@H](C)[C@@](C)(O)C(O)C(C)N(C(=S)Nc3cccc(Cl)c3)C[C@H](C)C[C@@](C)(O)C[C@H]2C)OC(C)[C@@H]1O. The number of aliphatic hydroxyl groups is 5. The molecule has 0 spiro atoms. The molecule has 1 aromatic carbocycles. The second-order valence-electron chi connectivity index (χ2n) is 17.4. The number of aliphatic hydroxyl groups excluding tert-OH is 3. The molecule has 0 bridgehead atoms. The summed E-state index contributed by atoms with van der Waals surface area (Å²) in [5, 5.41) is 58.4. The van der Waals surface area contributed by atoms with Crippen LogP contribution in [0.4, 0.5) is 5.69 Å². The molecule has 3 saturated heterocycles. The van der Waals surface area contributed by atoms with Gasteiger partial charge < -0.3 is 54.7 Å². The quantitative estimate of drug-likeness (QED) is 0.126. The molecule has 0 saturated carbocycles. The standard InChI is InChI=1S/C34H55ClN2O8S.C7H14O2.3C2H6/c1-18-15-33(8,41)16-20(3)29(45-27-13-19(2)28(38)23(6)43-27)21(4)31(40)44-24(7)34(9,42)30(39)22(5)37(17-18)32(46)36-26-12-10-11-25(35)14-26;1-5-3-6(2)9-7(8)4-5;3*1-2/h10-12,14,18-24,27-30,38-39,41-42H,13,15-17H2,1-9H3,(H,36,46);5-8H,3-4H2,1-2H3;3*1-2H3/t18-,19?,20-,21?,22?,23?,24-,27+,28-,29+,30?,33-,34-;;;;/m1..../s1. The Bertz CT molecular complexity index is 1350. The maximum Gasteiger partial charge on any atom is 0.311 e. The number of hydrogen-bond donors (Lipinski definition) is 6. The van der Waals surface area contributed by atoms with Crippen molar-refractivity contribution in [1.29, 1.82) is 0 Å². The molecular weight excluding hydrogens is 820 g/mol. The summed E-state index contributed by atoms with van der Waals surface area (Å²) in [7, 11) is 0. The van der Waals surface area contributed by atoms with Crippen LogP contribution in [-0.4, -0.2) is 115 Å². The molecule has 6 N–H and O–H groups in total. The first-order chi connectivity index (χ1) is 28.4. The van der Waals surface area contributed by atoms with Gasteiger partial charge in [0.1, 0.15) is 17.8 Å². The molecule has 0 aliphatic carbocycles. The molecule has 3 aliphatic heterocycles. The molecule has 3 fully saturated rings. The molecule has 0 radical (unpaired) electrons. The van der Waals surface area contributed by atoms with Gasteiger partial charge >= 0.3 is 5.97 Å². The zero-order valence-corrected chi connectivity index (χ0v) is 42.2. The van der Waals surface area contributed by atoms with Gasteiger partial charge in [-0.15, -0.1) is 0 Å². The number of esters is 1. The first-order valence-corrected chi connectivity index (χ1v) is 23.7. The van der Waals surface area contributed by atoms with Gasteiger partial charge in [-0.3, -0.25) is 4.79 Å². The Balaban J connectivity index is 0.00000205. The van der Waals surface area contributed by atoms with Gasteiger partial charge in [-0.2, -0.15) is 0 Å². The first-order valence-electron chi connectivity index (χ1n) is 22.9. The average Bonchev–Trinajstić information content (AvgIpc) is 3.18. The predicted octanol–water partition coefficient (Wildman–Crippen LogP) is 8.96. The number of ether oxygens (including phenoxy) is 4. The topological polar surface area (TPSA) is 170 Å². The van der Waals surface area contributed by atoms with Gasteiger partial charge in [0.25, 0.3) is 0 Å². The summed E-state index contributed by atoms with van der Waals surface area (Å²) >= 11 is 12.0. The summed E-state index contributed by atoms with van der Waals surface area (Å²) in [6.45, 7) is 32.3. The predicted molar refractivity (Wildman–Crippen MR) is 251 cm³/mol. The summed E-state index contributed by atoms with van der Waals surface area (Å²) in [4.78, 5) is 15.4. The molecule has 1 aromatic rings. The molecule has 3 aliphatic rings. The fraction of sp³-hybridized carbons (Fsp3) is 0.830. The molecule has 0 aromatic heterocycles. The third-order valence-electron chi connectivity index (χ3n) is 11.5. The number of benzene rings is 1. The summed E-state index contributed by atoms with van der Waals surface area (Å²) in [6, 6.07) is 6.38. The second kappa shape index (κ2) is 28.3. The number of carbonyl (C=O) groups is 1. The number of carbonyl (C=O) groups excluding carboxylic acids is 1. The molecule has 358 valence electrons. The number of cyclic esters (lactones) is 1. The average molecular weight is 908 g/mol. The van der Waals surface area contributed by atoms with E-state index in [1.807, 2.05) is 75.3 Å². The smallest absolute Gasteiger partial charge is 0.311 e. The van der Waals surface area contributed by atoms with E-state index in [1.165, 1.54) is 6.92 Å². The fourth-order valence-corrected chi connectivity index (χ4v) is 8.90. The lowest BCUT2D eigenvalue weighted by Gasteiger charge is -2.43. The maximum absolute atomic E-state index is 13.6.